The molecule has 2 rings (SSSR count). The number of methoxy groups -OCH3 is 1. The summed E-state index contributed by atoms with van der Waals surface area (Å²) in [6, 6.07) is 4.07. The minimum atomic E-state index is 0.0322. The fourth-order valence-corrected chi connectivity index (χ4v) is 2.39. The zero-order valence-corrected chi connectivity index (χ0v) is 11.7. The maximum absolute atomic E-state index is 12.3. The third-order valence-corrected chi connectivity index (χ3v) is 3.45. The molecule has 1 fully saturated rings. The Kier molecular flexibility index (Phi) is 4.37. The molecule has 0 aliphatic carbocycles. The summed E-state index contributed by atoms with van der Waals surface area (Å²) in [7, 11) is 1.58. The number of aromatic nitrogens is 1. The van der Waals surface area contributed by atoms with Gasteiger partial charge in [-0.25, -0.2) is 4.98 Å². The average molecular weight is 263 g/mol. The Morgan fingerprint density at radius 2 is 2.32 bits per heavy atom. The molecular formula is C14H21N3O2. The number of piperidine rings is 1. The number of pyridine rings is 1. The van der Waals surface area contributed by atoms with Gasteiger partial charge in [-0.3, -0.25) is 4.79 Å². The molecule has 0 unspecified atom stereocenters. The number of carbonyl (C=O) groups excluding carboxylic acids is 1. The van der Waals surface area contributed by atoms with E-state index in [0.717, 1.165) is 25.1 Å². The topological polar surface area (TPSA) is 63.2 Å². The van der Waals surface area contributed by atoms with E-state index in [4.69, 9.17) is 4.74 Å². The number of nitrogens with one attached hydrogen (secondary N) is 2. The summed E-state index contributed by atoms with van der Waals surface area (Å²) >= 11 is 0. The summed E-state index contributed by atoms with van der Waals surface area (Å²) in [6.07, 6.45) is 1.73. The molecule has 0 spiro atoms. The van der Waals surface area contributed by atoms with E-state index >= 15 is 0 Å². The molecule has 1 aromatic rings. The Morgan fingerprint density at radius 1 is 1.53 bits per heavy atom. The quantitative estimate of drug-likeness (QED) is 0.871. The van der Waals surface area contributed by atoms with Gasteiger partial charge in [-0.1, -0.05) is 0 Å². The number of carbonyl (C=O) groups is 1. The van der Waals surface area contributed by atoms with Gasteiger partial charge in [0.15, 0.2) is 11.6 Å². The fourth-order valence-electron chi connectivity index (χ4n) is 2.39. The molecule has 104 valence electrons. The van der Waals surface area contributed by atoms with Crippen LogP contribution in [-0.4, -0.2) is 30.6 Å². The van der Waals surface area contributed by atoms with Gasteiger partial charge >= 0.3 is 0 Å². The van der Waals surface area contributed by atoms with Crippen molar-refractivity contribution in [2.45, 2.75) is 32.7 Å². The smallest absolute Gasteiger partial charge is 0.228 e. The van der Waals surface area contributed by atoms with E-state index in [-0.39, 0.29) is 11.8 Å². The Labute approximate surface area is 113 Å². The van der Waals surface area contributed by atoms with Crippen LogP contribution in [-0.2, 0) is 4.79 Å². The van der Waals surface area contributed by atoms with Gasteiger partial charge < -0.3 is 15.4 Å². The fraction of sp³-hybridized carbons (Fsp3) is 0.571. The largest absolute Gasteiger partial charge is 0.493 e. The summed E-state index contributed by atoms with van der Waals surface area (Å²) in [5.74, 6) is 1.19. The van der Waals surface area contributed by atoms with Crippen molar-refractivity contribution in [3.8, 4) is 5.75 Å². The summed E-state index contributed by atoms with van der Waals surface area (Å²) < 4.78 is 5.22. The second-order valence-corrected chi connectivity index (χ2v) is 5.07. The van der Waals surface area contributed by atoms with Crippen molar-refractivity contribution in [2.75, 3.05) is 19.0 Å². The van der Waals surface area contributed by atoms with Gasteiger partial charge in [-0.15, -0.1) is 0 Å². The molecule has 2 heterocycles. The highest BCUT2D eigenvalue weighted by Crippen LogP contribution is 2.24. The van der Waals surface area contributed by atoms with Crippen molar-refractivity contribution >= 4 is 11.7 Å². The van der Waals surface area contributed by atoms with Crippen LogP contribution < -0.4 is 15.4 Å². The molecule has 1 saturated heterocycles. The highest BCUT2D eigenvalue weighted by molar-refractivity contribution is 5.93. The van der Waals surface area contributed by atoms with E-state index in [1.165, 1.54) is 0 Å². The first-order valence-corrected chi connectivity index (χ1v) is 6.66. The van der Waals surface area contributed by atoms with Gasteiger partial charge in [0, 0.05) is 17.7 Å². The highest BCUT2D eigenvalue weighted by Gasteiger charge is 2.25. The number of amides is 1. The lowest BCUT2D eigenvalue weighted by atomic mass is 9.92. The van der Waals surface area contributed by atoms with Gasteiger partial charge in [-0.05, 0) is 45.4 Å². The lowest BCUT2D eigenvalue weighted by Gasteiger charge is -2.27. The zero-order valence-electron chi connectivity index (χ0n) is 11.7. The number of hydrogen-bond donors (Lipinski definition) is 2. The molecule has 2 N–H and O–H groups in total. The molecule has 1 amide bonds. The number of hydrogen-bond acceptors (Lipinski definition) is 4. The van der Waals surface area contributed by atoms with Crippen LogP contribution in [0.1, 0.15) is 25.5 Å². The van der Waals surface area contributed by atoms with Crippen LogP contribution in [0.2, 0.25) is 0 Å². The van der Waals surface area contributed by atoms with Gasteiger partial charge in [-0.2, -0.15) is 0 Å². The third-order valence-electron chi connectivity index (χ3n) is 3.45. The Hall–Kier alpha value is -1.62. The Balaban J connectivity index is 2.07. The van der Waals surface area contributed by atoms with Crippen molar-refractivity contribution < 1.29 is 9.53 Å². The number of aryl methyl sites for hydroxylation is 1. The van der Waals surface area contributed by atoms with Gasteiger partial charge in [0.25, 0.3) is 0 Å². The molecule has 0 bridgehead atoms. The first-order valence-electron chi connectivity index (χ1n) is 6.66. The van der Waals surface area contributed by atoms with Gasteiger partial charge in [0.05, 0.1) is 7.11 Å². The van der Waals surface area contributed by atoms with E-state index in [2.05, 4.69) is 22.5 Å². The van der Waals surface area contributed by atoms with Gasteiger partial charge in [0.2, 0.25) is 5.91 Å². The van der Waals surface area contributed by atoms with Crippen molar-refractivity contribution in [1.29, 1.82) is 0 Å². The normalized spacial score (nSPS) is 22.9. The summed E-state index contributed by atoms with van der Waals surface area (Å²) in [5.41, 5.74) is 0.856. The minimum absolute atomic E-state index is 0.0322. The molecule has 2 atom stereocenters. The predicted molar refractivity (Wildman–Crippen MR) is 74.3 cm³/mol. The Bertz CT molecular complexity index is 462. The van der Waals surface area contributed by atoms with Crippen molar-refractivity contribution in [2.24, 2.45) is 5.92 Å². The second-order valence-electron chi connectivity index (χ2n) is 5.07. The van der Waals surface area contributed by atoms with Crippen LogP contribution in [0, 0.1) is 12.8 Å². The van der Waals surface area contributed by atoms with Crippen molar-refractivity contribution in [3.05, 3.63) is 17.8 Å². The number of ether oxygens (including phenoxy) is 1. The minimum Gasteiger partial charge on any atom is -0.493 e. The average Bonchev–Trinajstić information content (AvgIpc) is 2.39. The molecule has 0 saturated carbocycles. The summed E-state index contributed by atoms with van der Waals surface area (Å²) in [5, 5.41) is 6.23. The van der Waals surface area contributed by atoms with Crippen molar-refractivity contribution in [3.63, 3.8) is 0 Å². The molecule has 1 aromatic heterocycles. The third kappa shape index (κ3) is 3.44. The van der Waals surface area contributed by atoms with Crippen LogP contribution >= 0.6 is 0 Å². The molecular weight excluding hydrogens is 242 g/mol. The van der Waals surface area contributed by atoms with Crippen LogP contribution in [0.5, 0.6) is 5.75 Å². The molecule has 1 aliphatic rings. The van der Waals surface area contributed by atoms with E-state index in [1.54, 1.807) is 7.11 Å². The lowest BCUT2D eigenvalue weighted by molar-refractivity contribution is -0.120. The van der Waals surface area contributed by atoms with Gasteiger partial charge in [0.1, 0.15) is 0 Å². The monoisotopic (exact) mass is 263 g/mol. The van der Waals surface area contributed by atoms with Crippen LogP contribution in [0.4, 0.5) is 5.82 Å². The van der Waals surface area contributed by atoms with E-state index in [9.17, 15) is 4.79 Å². The number of anilines is 1. The standard InChI is InChI=1S/C14H21N3O2/c1-9-4-5-12(19-3)13(16-9)17-14(18)11-6-7-15-10(2)8-11/h4-5,10-11,15H,6-8H2,1-3H3,(H,16,17,18)/t10-,11-/m0/s1. The van der Waals surface area contributed by atoms with E-state index in [0.29, 0.717) is 17.6 Å². The summed E-state index contributed by atoms with van der Waals surface area (Å²) in [4.78, 5) is 16.6. The van der Waals surface area contributed by atoms with Crippen molar-refractivity contribution in [1.82, 2.24) is 10.3 Å². The Morgan fingerprint density at radius 3 is 3.00 bits per heavy atom. The van der Waals surface area contributed by atoms with Crippen LogP contribution in [0.25, 0.3) is 0 Å². The van der Waals surface area contributed by atoms with E-state index < -0.39 is 0 Å². The highest BCUT2D eigenvalue weighted by atomic mass is 16.5. The second kappa shape index (κ2) is 6.02. The molecule has 0 aromatic carbocycles. The van der Waals surface area contributed by atoms with Crippen LogP contribution in [0.3, 0.4) is 0 Å². The zero-order chi connectivity index (χ0) is 13.8. The first-order chi connectivity index (χ1) is 9.10. The van der Waals surface area contributed by atoms with Crippen LogP contribution in [0.15, 0.2) is 12.1 Å². The molecule has 5 nitrogen and oxygen atoms in total. The lowest BCUT2D eigenvalue weighted by Crippen LogP contribution is -2.40. The number of rotatable bonds is 3. The number of nitrogens with zero attached hydrogens (tertiary/aromatic N) is 1. The first kappa shape index (κ1) is 13.8. The van der Waals surface area contributed by atoms with E-state index in [1.807, 2.05) is 19.1 Å². The molecule has 5 heteroatoms. The SMILES string of the molecule is COc1ccc(C)nc1NC(=O)[C@H]1CCN[C@@H](C)C1. The molecule has 1 aliphatic heterocycles. The maximum Gasteiger partial charge on any atom is 0.228 e. The molecule has 0 radical (unpaired) electrons. The summed E-state index contributed by atoms with van der Waals surface area (Å²) in [6.45, 7) is 4.88. The molecule has 19 heavy (non-hydrogen) atoms. The predicted octanol–water partition coefficient (Wildman–Crippen LogP) is 1.73. The maximum atomic E-state index is 12.3.